The highest BCUT2D eigenvalue weighted by molar-refractivity contribution is 7.92. The molecule has 2 amide bonds. The number of hydrogen-bond acceptors (Lipinski definition) is 5. The van der Waals surface area contributed by atoms with Gasteiger partial charge in [0, 0.05) is 25.7 Å². The predicted molar refractivity (Wildman–Crippen MR) is 119 cm³/mol. The van der Waals surface area contributed by atoms with Gasteiger partial charge in [-0.05, 0) is 55.2 Å². The molecule has 1 aliphatic heterocycles. The van der Waals surface area contributed by atoms with Gasteiger partial charge in [-0.3, -0.25) is 14.3 Å². The number of nitrogens with one attached hydrogen (secondary N) is 2. The summed E-state index contributed by atoms with van der Waals surface area (Å²) in [4.78, 5) is 26.0. The molecular formula is C22H27N3O5S. The van der Waals surface area contributed by atoms with Crippen LogP contribution in [0.3, 0.4) is 0 Å². The Labute approximate surface area is 182 Å². The van der Waals surface area contributed by atoms with Crippen LogP contribution >= 0.6 is 0 Å². The monoisotopic (exact) mass is 445 g/mol. The minimum Gasteiger partial charge on any atom is -0.496 e. The van der Waals surface area contributed by atoms with Crippen molar-refractivity contribution in [2.45, 2.75) is 31.6 Å². The van der Waals surface area contributed by atoms with Crippen molar-refractivity contribution < 1.29 is 22.7 Å². The van der Waals surface area contributed by atoms with Crippen LogP contribution in [0.2, 0.25) is 0 Å². The van der Waals surface area contributed by atoms with Crippen molar-refractivity contribution in [3.63, 3.8) is 0 Å². The summed E-state index contributed by atoms with van der Waals surface area (Å²) < 4.78 is 33.7. The van der Waals surface area contributed by atoms with E-state index in [-0.39, 0.29) is 22.3 Å². The summed E-state index contributed by atoms with van der Waals surface area (Å²) >= 11 is 0. The number of ether oxygens (including phenoxy) is 1. The Bertz CT molecular complexity index is 1080. The number of piperidine rings is 1. The highest BCUT2D eigenvalue weighted by atomic mass is 32.2. The van der Waals surface area contributed by atoms with E-state index in [1.54, 1.807) is 23.1 Å². The number of carbonyl (C=O) groups is 2. The molecule has 31 heavy (non-hydrogen) atoms. The maximum atomic E-state index is 13.1. The van der Waals surface area contributed by atoms with Crippen LogP contribution in [-0.2, 0) is 14.8 Å². The molecule has 0 aliphatic carbocycles. The average Bonchev–Trinajstić information content (AvgIpc) is 2.72. The number of carbonyl (C=O) groups excluding carboxylic acids is 2. The SMILES string of the molecule is COc1ccc(S(=O)(=O)Nc2cccc(NC(C)=O)c2)cc1C(=O)N1CCC(C)CC1. The van der Waals surface area contributed by atoms with Crippen molar-refractivity contribution in [2.75, 3.05) is 30.2 Å². The van der Waals surface area contributed by atoms with Gasteiger partial charge >= 0.3 is 0 Å². The molecule has 0 spiro atoms. The number of amides is 2. The van der Waals surface area contributed by atoms with Crippen LogP contribution in [0.1, 0.15) is 37.0 Å². The van der Waals surface area contributed by atoms with Crippen LogP contribution in [-0.4, -0.2) is 45.3 Å². The zero-order chi connectivity index (χ0) is 22.6. The van der Waals surface area contributed by atoms with E-state index in [9.17, 15) is 18.0 Å². The summed E-state index contributed by atoms with van der Waals surface area (Å²) in [6, 6.07) is 10.6. The molecular weight excluding hydrogens is 418 g/mol. The third kappa shape index (κ3) is 5.55. The molecule has 8 nitrogen and oxygen atoms in total. The molecule has 3 rings (SSSR count). The Kier molecular flexibility index (Phi) is 6.84. The van der Waals surface area contributed by atoms with E-state index in [1.165, 1.54) is 38.3 Å². The van der Waals surface area contributed by atoms with Crippen LogP contribution in [0.4, 0.5) is 11.4 Å². The van der Waals surface area contributed by atoms with Gasteiger partial charge in [-0.2, -0.15) is 0 Å². The fourth-order valence-electron chi connectivity index (χ4n) is 3.48. The maximum absolute atomic E-state index is 13.1. The molecule has 1 fully saturated rings. The fourth-order valence-corrected chi connectivity index (χ4v) is 4.56. The number of rotatable bonds is 6. The van der Waals surface area contributed by atoms with Crippen molar-refractivity contribution >= 4 is 33.2 Å². The minimum atomic E-state index is -3.97. The molecule has 9 heteroatoms. The summed E-state index contributed by atoms with van der Waals surface area (Å²) in [7, 11) is -2.52. The fraction of sp³-hybridized carbons (Fsp3) is 0.364. The lowest BCUT2D eigenvalue weighted by molar-refractivity contribution is -0.114. The highest BCUT2D eigenvalue weighted by Crippen LogP contribution is 2.27. The van der Waals surface area contributed by atoms with Gasteiger partial charge in [0.2, 0.25) is 5.91 Å². The lowest BCUT2D eigenvalue weighted by Crippen LogP contribution is -2.38. The second kappa shape index (κ2) is 9.38. The van der Waals surface area contributed by atoms with Gasteiger partial charge in [0.1, 0.15) is 5.75 Å². The zero-order valence-corrected chi connectivity index (χ0v) is 18.7. The van der Waals surface area contributed by atoms with E-state index in [0.717, 1.165) is 12.8 Å². The first kappa shape index (κ1) is 22.6. The molecule has 0 atom stereocenters. The third-order valence-electron chi connectivity index (χ3n) is 5.22. The van der Waals surface area contributed by atoms with Crippen LogP contribution in [0, 0.1) is 5.92 Å². The van der Waals surface area contributed by atoms with Crippen LogP contribution in [0.15, 0.2) is 47.4 Å². The molecule has 0 saturated carbocycles. The molecule has 2 aromatic rings. The largest absolute Gasteiger partial charge is 0.496 e. The Morgan fingerprint density at radius 2 is 1.74 bits per heavy atom. The quantitative estimate of drug-likeness (QED) is 0.710. The number of hydrogen-bond donors (Lipinski definition) is 2. The number of benzene rings is 2. The van der Waals surface area contributed by atoms with E-state index in [4.69, 9.17) is 4.74 Å². The first-order valence-corrected chi connectivity index (χ1v) is 11.6. The van der Waals surface area contributed by atoms with Crippen molar-refractivity contribution in [3.05, 3.63) is 48.0 Å². The molecule has 166 valence electrons. The molecule has 1 heterocycles. The molecule has 2 aromatic carbocycles. The van der Waals surface area contributed by atoms with Crippen LogP contribution < -0.4 is 14.8 Å². The number of anilines is 2. The summed E-state index contributed by atoms with van der Waals surface area (Å²) in [5.74, 6) is 0.393. The molecule has 1 saturated heterocycles. The normalized spacial score (nSPS) is 14.7. The minimum absolute atomic E-state index is 0.0491. The van der Waals surface area contributed by atoms with Gasteiger partial charge in [-0.25, -0.2) is 8.42 Å². The van der Waals surface area contributed by atoms with E-state index in [2.05, 4.69) is 17.0 Å². The molecule has 0 unspecified atom stereocenters. The van der Waals surface area contributed by atoms with Gasteiger partial charge in [-0.15, -0.1) is 0 Å². The van der Waals surface area contributed by atoms with Gasteiger partial charge < -0.3 is 15.0 Å². The Balaban J connectivity index is 1.87. The van der Waals surface area contributed by atoms with Crippen LogP contribution in [0.25, 0.3) is 0 Å². The van der Waals surface area contributed by atoms with Gasteiger partial charge in [0.15, 0.2) is 0 Å². The van der Waals surface area contributed by atoms with Crippen molar-refractivity contribution in [2.24, 2.45) is 5.92 Å². The summed E-state index contributed by atoms with van der Waals surface area (Å²) in [6.07, 6.45) is 1.83. The smallest absolute Gasteiger partial charge is 0.261 e. The van der Waals surface area contributed by atoms with Gasteiger partial charge in [0.25, 0.3) is 15.9 Å². The standard InChI is InChI=1S/C22H27N3O5S/c1-15-9-11-25(12-10-15)22(27)20-14-19(7-8-21(20)30-3)31(28,29)24-18-6-4-5-17(13-18)23-16(2)26/h4-8,13-15,24H,9-12H2,1-3H3,(H,23,26). The first-order chi connectivity index (χ1) is 14.7. The molecule has 0 radical (unpaired) electrons. The van der Waals surface area contributed by atoms with E-state index in [0.29, 0.717) is 36.1 Å². The number of methoxy groups -OCH3 is 1. The Hall–Kier alpha value is -3.07. The van der Waals surface area contributed by atoms with Crippen molar-refractivity contribution in [1.82, 2.24) is 4.90 Å². The van der Waals surface area contributed by atoms with E-state index < -0.39 is 10.0 Å². The van der Waals surface area contributed by atoms with E-state index >= 15 is 0 Å². The number of sulfonamides is 1. The second-order valence-electron chi connectivity index (χ2n) is 7.70. The van der Waals surface area contributed by atoms with Gasteiger partial charge in [0.05, 0.1) is 23.3 Å². The van der Waals surface area contributed by atoms with Crippen LogP contribution in [0.5, 0.6) is 5.75 Å². The number of likely N-dealkylation sites (tertiary alicyclic amines) is 1. The summed E-state index contributed by atoms with van der Waals surface area (Å²) in [5, 5.41) is 2.61. The molecule has 2 N–H and O–H groups in total. The van der Waals surface area contributed by atoms with Crippen molar-refractivity contribution in [3.8, 4) is 5.75 Å². The lowest BCUT2D eigenvalue weighted by Gasteiger charge is -2.30. The Morgan fingerprint density at radius 3 is 2.39 bits per heavy atom. The molecule has 0 aromatic heterocycles. The maximum Gasteiger partial charge on any atom is 0.261 e. The van der Waals surface area contributed by atoms with Crippen molar-refractivity contribution in [1.29, 1.82) is 0 Å². The topological polar surface area (TPSA) is 105 Å². The Morgan fingerprint density at radius 1 is 1.06 bits per heavy atom. The predicted octanol–water partition coefficient (Wildman–Crippen LogP) is 3.33. The van der Waals surface area contributed by atoms with Gasteiger partial charge in [-0.1, -0.05) is 13.0 Å². The first-order valence-electron chi connectivity index (χ1n) is 10.1. The highest BCUT2D eigenvalue weighted by Gasteiger charge is 2.26. The molecule has 1 aliphatic rings. The molecule has 0 bridgehead atoms. The number of nitrogens with zero attached hydrogens (tertiary/aromatic N) is 1. The average molecular weight is 446 g/mol. The zero-order valence-electron chi connectivity index (χ0n) is 17.8. The lowest BCUT2D eigenvalue weighted by atomic mass is 9.98. The third-order valence-corrected chi connectivity index (χ3v) is 6.60. The second-order valence-corrected chi connectivity index (χ2v) is 9.39. The van der Waals surface area contributed by atoms with E-state index in [1.807, 2.05) is 0 Å². The summed E-state index contributed by atoms with van der Waals surface area (Å²) in [6.45, 7) is 4.79. The summed E-state index contributed by atoms with van der Waals surface area (Å²) in [5.41, 5.74) is 0.976.